The van der Waals surface area contributed by atoms with Crippen LogP contribution in [0.4, 0.5) is 4.39 Å². The van der Waals surface area contributed by atoms with Crippen molar-refractivity contribution in [2.45, 2.75) is 19.8 Å². The van der Waals surface area contributed by atoms with E-state index in [1.165, 1.54) is 16.7 Å². The number of rotatable bonds is 5. The Hall–Kier alpha value is -1.95. The third kappa shape index (κ3) is 2.73. The molecule has 0 fully saturated rings. The second-order valence-corrected chi connectivity index (χ2v) is 4.17. The number of amides is 1. The first-order valence-corrected chi connectivity index (χ1v) is 6.23. The Morgan fingerprint density at radius 3 is 3.00 bits per heavy atom. The number of carbonyl (C=O) groups excluding carboxylic acids is 1. The second-order valence-electron chi connectivity index (χ2n) is 4.17. The number of aliphatic hydroxyl groups is 1. The smallest absolute Gasteiger partial charge is 0.270 e. The summed E-state index contributed by atoms with van der Waals surface area (Å²) in [4.78, 5) is 16.4. The minimum Gasteiger partial charge on any atom is -0.396 e. The highest BCUT2D eigenvalue weighted by atomic mass is 19.1. The molecular formula is C13H16FN3O2. The predicted molar refractivity (Wildman–Crippen MR) is 68.6 cm³/mol. The zero-order valence-electron chi connectivity index (χ0n) is 10.7. The number of halogens is 1. The van der Waals surface area contributed by atoms with Crippen LogP contribution in [0.5, 0.6) is 0 Å². The molecule has 0 saturated carbocycles. The van der Waals surface area contributed by atoms with Gasteiger partial charge < -0.3 is 10.4 Å². The van der Waals surface area contributed by atoms with Crippen molar-refractivity contribution >= 4 is 11.6 Å². The average Bonchev–Trinajstić information content (AvgIpc) is 2.76. The van der Waals surface area contributed by atoms with Crippen molar-refractivity contribution in [2.24, 2.45) is 0 Å². The molecule has 19 heavy (non-hydrogen) atoms. The van der Waals surface area contributed by atoms with Crippen LogP contribution in [0.2, 0.25) is 0 Å². The van der Waals surface area contributed by atoms with Crippen molar-refractivity contribution in [2.75, 3.05) is 13.2 Å². The van der Waals surface area contributed by atoms with Gasteiger partial charge in [0, 0.05) is 19.3 Å². The standard InChI is InChI=1S/C13H16FN3O2/c1-2-10-12(13(19)15-6-3-7-18)17-8-9(14)4-5-11(17)16-10/h4-5,8,18H,2-3,6-7H2,1H3,(H,15,19). The van der Waals surface area contributed by atoms with E-state index < -0.39 is 5.82 Å². The first-order valence-electron chi connectivity index (χ1n) is 6.23. The molecule has 2 heterocycles. The van der Waals surface area contributed by atoms with E-state index in [9.17, 15) is 9.18 Å². The Morgan fingerprint density at radius 1 is 1.53 bits per heavy atom. The fraction of sp³-hybridized carbons (Fsp3) is 0.385. The van der Waals surface area contributed by atoms with E-state index in [-0.39, 0.29) is 12.5 Å². The maximum absolute atomic E-state index is 13.3. The largest absolute Gasteiger partial charge is 0.396 e. The van der Waals surface area contributed by atoms with E-state index in [0.29, 0.717) is 36.4 Å². The fourth-order valence-electron chi connectivity index (χ4n) is 1.92. The van der Waals surface area contributed by atoms with Gasteiger partial charge in [-0.25, -0.2) is 9.37 Å². The van der Waals surface area contributed by atoms with Crippen LogP contribution >= 0.6 is 0 Å². The van der Waals surface area contributed by atoms with Crippen molar-refractivity contribution in [3.8, 4) is 0 Å². The molecule has 0 aliphatic carbocycles. The van der Waals surface area contributed by atoms with Crippen molar-refractivity contribution in [3.63, 3.8) is 0 Å². The zero-order valence-corrected chi connectivity index (χ0v) is 10.7. The van der Waals surface area contributed by atoms with Crippen LogP contribution in [0.15, 0.2) is 18.3 Å². The van der Waals surface area contributed by atoms with E-state index in [2.05, 4.69) is 10.3 Å². The maximum Gasteiger partial charge on any atom is 0.270 e. The highest BCUT2D eigenvalue weighted by molar-refractivity contribution is 5.94. The molecule has 0 bridgehead atoms. The van der Waals surface area contributed by atoms with Gasteiger partial charge in [-0.3, -0.25) is 9.20 Å². The molecule has 0 radical (unpaired) electrons. The second kappa shape index (κ2) is 5.79. The van der Waals surface area contributed by atoms with Crippen LogP contribution in [0.3, 0.4) is 0 Å². The van der Waals surface area contributed by atoms with Crippen LogP contribution in [-0.4, -0.2) is 33.6 Å². The van der Waals surface area contributed by atoms with Crippen molar-refractivity contribution < 1.29 is 14.3 Å². The summed E-state index contributed by atoms with van der Waals surface area (Å²) in [7, 11) is 0. The summed E-state index contributed by atoms with van der Waals surface area (Å²) in [6.45, 7) is 2.28. The summed E-state index contributed by atoms with van der Waals surface area (Å²) < 4.78 is 14.7. The van der Waals surface area contributed by atoms with E-state index in [4.69, 9.17) is 5.11 Å². The third-order valence-electron chi connectivity index (χ3n) is 2.83. The van der Waals surface area contributed by atoms with Gasteiger partial charge in [-0.05, 0) is 25.0 Å². The molecular weight excluding hydrogens is 249 g/mol. The monoisotopic (exact) mass is 265 g/mol. The molecule has 0 spiro atoms. The normalized spacial score (nSPS) is 10.9. The van der Waals surface area contributed by atoms with E-state index in [1.54, 1.807) is 6.07 Å². The maximum atomic E-state index is 13.3. The van der Waals surface area contributed by atoms with Crippen LogP contribution in [0.25, 0.3) is 5.65 Å². The van der Waals surface area contributed by atoms with Crippen LogP contribution in [0.1, 0.15) is 29.5 Å². The number of aliphatic hydroxyl groups excluding tert-OH is 1. The van der Waals surface area contributed by atoms with Crippen molar-refractivity contribution in [3.05, 3.63) is 35.5 Å². The Bertz CT molecular complexity index is 595. The molecule has 2 aromatic heterocycles. The summed E-state index contributed by atoms with van der Waals surface area (Å²) in [5.74, 6) is -0.722. The van der Waals surface area contributed by atoms with E-state index in [0.717, 1.165) is 0 Å². The highest BCUT2D eigenvalue weighted by Gasteiger charge is 2.18. The van der Waals surface area contributed by atoms with Crippen molar-refractivity contribution in [1.29, 1.82) is 0 Å². The number of hydrogen-bond donors (Lipinski definition) is 2. The molecule has 5 nitrogen and oxygen atoms in total. The number of hydrogen-bond acceptors (Lipinski definition) is 3. The summed E-state index contributed by atoms with van der Waals surface area (Å²) in [6, 6.07) is 2.86. The zero-order chi connectivity index (χ0) is 13.8. The average molecular weight is 265 g/mol. The quantitative estimate of drug-likeness (QED) is 0.797. The highest BCUT2D eigenvalue weighted by Crippen LogP contribution is 2.14. The lowest BCUT2D eigenvalue weighted by atomic mass is 10.2. The molecule has 0 unspecified atom stereocenters. The number of pyridine rings is 1. The topological polar surface area (TPSA) is 66.6 Å². The molecule has 0 aromatic carbocycles. The summed E-state index contributed by atoms with van der Waals surface area (Å²) in [6.07, 6.45) is 2.33. The van der Waals surface area contributed by atoms with Gasteiger partial charge in [0.2, 0.25) is 0 Å². The number of fused-ring (bicyclic) bond motifs is 1. The number of imidazole rings is 1. The number of nitrogens with zero attached hydrogens (tertiary/aromatic N) is 2. The number of aromatic nitrogens is 2. The lowest BCUT2D eigenvalue weighted by Gasteiger charge is -2.05. The summed E-state index contributed by atoms with van der Waals surface area (Å²) in [5, 5.41) is 11.4. The fourth-order valence-corrected chi connectivity index (χ4v) is 1.92. The summed E-state index contributed by atoms with van der Waals surface area (Å²) in [5.41, 5.74) is 1.53. The van der Waals surface area contributed by atoms with Gasteiger partial charge in [0.15, 0.2) is 0 Å². The SMILES string of the molecule is CCc1nc2ccc(F)cn2c1C(=O)NCCCO. The lowest BCUT2D eigenvalue weighted by Crippen LogP contribution is -2.27. The molecule has 2 N–H and O–H groups in total. The van der Waals surface area contributed by atoms with E-state index in [1.807, 2.05) is 6.92 Å². The Morgan fingerprint density at radius 2 is 2.32 bits per heavy atom. The van der Waals surface area contributed by atoms with Gasteiger partial charge >= 0.3 is 0 Å². The molecule has 2 rings (SSSR count). The lowest BCUT2D eigenvalue weighted by molar-refractivity contribution is 0.0944. The molecule has 6 heteroatoms. The molecule has 0 saturated heterocycles. The molecule has 0 aliphatic rings. The molecule has 0 atom stereocenters. The third-order valence-corrected chi connectivity index (χ3v) is 2.83. The molecule has 102 valence electrons. The Balaban J connectivity index is 2.39. The molecule has 1 amide bonds. The van der Waals surface area contributed by atoms with Gasteiger partial charge in [0.05, 0.1) is 5.69 Å². The first-order chi connectivity index (χ1) is 9.17. The van der Waals surface area contributed by atoms with Crippen LogP contribution < -0.4 is 5.32 Å². The van der Waals surface area contributed by atoms with Gasteiger partial charge in [0.25, 0.3) is 5.91 Å². The molecule has 0 aliphatic heterocycles. The van der Waals surface area contributed by atoms with Gasteiger partial charge in [-0.1, -0.05) is 6.92 Å². The Labute approximate surface area is 110 Å². The minimum atomic E-state index is -0.419. The minimum absolute atomic E-state index is 0.0166. The van der Waals surface area contributed by atoms with Crippen LogP contribution in [-0.2, 0) is 6.42 Å². The molecule has 2 aromatic rings. The number of aryl methyl sites for hydroxylation is 1. The number of carbonyl (C=O) groups is 1. The van der Waals surface area contributed by atoms with Gasteiger partial charge in [-0.2, -0.15) is 0 Å². The van der Waals surface area contributed by atoms with Gasteiger partial charge in [0.1, 0.15) is 17.2 Å². The predicted octanol–water partition coefficient (Wildman–Crippen LogP) is 1.15. The first kappa shape index (κ1) is 13.5. The van der Waals surface area contributed by atoms with E-state index >= 15 is 0 Å². The Kier molecular flexibility index (Phi) is 4.11. The number of nitrogens with one attached hydrogen (secondary N) is 1. The van der Waals surface area contributed by atoms with Gasteiger partial charge in [-0.15, -0.1) is 0 Å². The summed E-state index contributed by atoms with van der Waals surface area (Å²) >= 11 is 0. The van der Waals surface area contributed by atoms with Crippen molar-refractivity contribution in [1.82, 2.24) is 14.7 Å². The van der Waals surface area contributed by atoms with Crippen LogP contribution in [0, 0.1) is 5.82 Å².